The predicted octanol–water partition coefficient (Wildman–Crippen LogP) is 3.52. The normalized spacial score (nSPS) is 32.5. The lowest BCUT2D eigenvalue weighted by molar-refractivity contribution is 0.0933. The van der Waals surface area contributed by atoms with Crippen LogP contribution >= 0.6 is 0 Å². The third kappa shape index (κ3) is 4.19. The Balaban J connectivity index is 1.92. The van der Waals surface area contributed by atoms with E-state index in [0.717, 1.165) is 30.5 Å². The molecule has 112 valence electrons. The summed E-state index contributed by atoms with van der Waals surface area (Å²) in [6, 6.07) is 1.53. The van der Waals surface area contributed by atoms with Gasteiger partial charge in [0.05, 0.1) is 0 Å². The lowest BCUT2D eigenvalue weighted by Gasteiger charge is -2.43. The van der Waals surface area contributed by atoms with Gasteiger partial charge in [0, 0.05) is 18.6 Å². The summed E-state index contributed by atoms with van der Waals surface area (Å²) in [4.78, 5) is 2.63. The van der Waals surface area contributed by atoms with Crippen LogP contribution in [-0.4, -0.2) is 37.1 Å². The molecule has 3 atom stereocenters. The molecule has 0 spiro atoms. The van der Waals surface area contributed by atoms with E-state index in [1.807, 2.05) is 0 Å². The highest BCUT2D eigenvalue weighted by atomic mass is 15.1. The molecule has 0 aromatic carbocycles. The van der Waals surface area contributed by atoms with Crippen LogP contribution in [0, 0.1) is 17.3 Å². The first kappa shape index (κ1) is 15.3. The van der Waals surface area contributed by atoms with Crippen molar-refractivity contribution < 1.29 is 0 Å². The molecule has 2 aliphatic rings. The van der Waals surface area contributed by atoms with Crippen LogP contribution in [0.4, 0.5) is 0 Å². The van der Waals surface area contributed by atoms with Crippen molar-refractivity contribution in [2.24, 2.45) is 17.3 Å². The molecule has 0 saturated heterocycles. The van der Waals surface area contributed by atoms with Crippen LogP contribution in [0.2, 0.25) is 0 Å². The number of hydrogen-bond donors (Lipinski definition) is 1. The standard InChI is InChI=1S/C17H34N2/c1-6-18-16-9-10-17(3,4)11-15(16)12-19(5)13(2)14-7-8-14/h13-16,18H,6-12H2,1-5H3. The lowest BCUT2D eigenvalue weighted by Crippen LogP contribution is -2.48. The summed E-state index contributed by atoms with van der Waals surface area (Å²) in [6.45, 7) is 12.0. The van der Waals surface area contributed by atoms with E-state index in [-0.39, 0.29) is 0 Å². The second kappa shape index (κ2) is 6.13. The summed E-state index contributed by atoms with van der Waals surface area (Å²) < 4.78 is 0. The van der Waals surface area contributed by atoms with Crippen LogP contribution < -0.4 is 5.32 Å². The van der Waals surface area contributed by atoms with Crippen molar-refractivity contribution in [3.05, 3.63) is 0 Å². The van der Waals surface area contributed by atoms with Gasteiger partial charge < -0.3 is 10.2 Å². The number of rotatable bonds is 6. The van der Waals surface area contributed by atoms with Gasteiger partial charge in [0.2, 0.25) is 0 Å². The molecule has 0 bridgehead atoms. The maximum atomic E-state index is 3.73. The number of nitrogens with zero attached hydrogens (tertiary/aromatic N) is 1. The zero-order chi connectivity index (χ0) is 14.0. The van der Waals surface area contributed by atoms with Crippen LogP contribution in [0.15, 0.2) is 0 Å². The van der Waals surface area contributed by atoms with Crippen molar-refractivity contribution in [1.82, 2.24) is 10.2 Å². The molecule has 2 heteroatoms. The summed E-state index contributed by atoms with van der Waals surface area (Å²) in [5.41, 5.74) is 0.542. The van der Waals surface area contributed by atoms with E-state index in [1.165, 1.54) is 38.6 Å². The van der Waals surface area contributed by atoms with E-state index in [2.05, 4.69) is 45.0 Å². The predicted molar refractivity (Wildman–Crippen MR) is 83.4 cm³/mol. The maximum absolute atomic E-state index is 3.73. The largest absolute Gasteiger partial charge is 0.314 e. The van der Waals surface area contributed by atoms with Gasteiger partial charge in [0.25, 0.3) is 0 Å². The van der Waals surface area contributed by atoms with Crippen LogP contribution in [0.25, 0.3) is 0 Å². The van der Waals surface area contributed by atoms with Gasteiger partial charge in [0.15, 0.2) is 0 Å². The molecule has 0 heterocycles. The lowest BCUT2D eigenvalue weighted by atomic mass is 9.69. The van der Waals surface area contributed by atoms with Gasteiger partial charge in [-0.15, -0.1) is 0 Å². The quantitative estimate of drug-likeness (QED) is 0.791. The van der Waals surface area contributed by atoms with Crippen molar-refractivity contribution in [3.63, 3.8) is 0 Å². The average Bonchev–Trinajstić information content (AvgIpc) is 3.15. The van der Waals surface area contributed by atoms with Gasteiger partial charge in [-0.25, -0.2) is 0 Å². The Labute approximate surface area is 120 Å². The van der Waals surface area contributed by atoms with E-state index in [1.54, 1.807) is 0 Å². The maximum Gasteiger partial charge on any atom is 0.0108 e. The summed E-state index contributed by atoms with van der Waals surface area (Å²) >= 11 is 0. The fourth-order valence-electron chi connectivity index (χ4n) is 3.93. The summed E-state index contributed by atoms with van der Waals surface area (Å²) in [6.07, 6.45) is 7.03. The van der Waals surface area contributed by atoms with Gasteiger partial charge in [0.1, 0.15) is 0 Å². The van der Waals surface area contributed by atoms with E-state index < -0.39 is 0 Å². The minimum atomic E-state index is 0.542. The average molecular weight is 266 g/mol. The fourth-order valence-corrected chi connectivity index (χ4v) is 3.93. The SMILES string of the molecule is CCNC1CCC(C)(C)CC1CN(C)C(C)C1CC1. The molecule has 0 aromatic rings. The monoisotopic (exact) mass is 266 g/mol. The van der Waals surface area contributed by atoms with E-state index in [0.29, 0.717) is 5.41 Å². The molecule has 3 unspecified atom stereocenters. The zero-order valence-corrected chi connectivity index (χ0v) is 13.7. The molecule has 2 rings (SSSR count). The Morgan fingerprint density at radius 1 is 1.26 bits per heavy atom. The Kier molecular flexibility index (Phi) is 4.94. The number of nitrogens with one attached hydrogen (secondary N) is 1. The molecule has 2 nitrogen and oxygen atoms in total. The minimum absolute atomic E-state index is 0.542. The molecular formula is C17H34N2. The summed E-state index contributed by atoms with van der Waals surface area (Å²) in [5, 5.41) is 3.73. The highest BCUT2D eigenvalue weighted by molar-refractivity contribution is 4.92. The van der Waals surface area contributed by atoms with Crippen molar-refractivity contribution in [2.45, 2.75) is 71.9 Å². The topological polar surface area (TPSA) is 15.3 Å². The smallest absolute Gasteiger partial charge is 0.0108 e. The Morgan fingerprint density at radius 3 is 2.53 bits per heavy atom. The first-order valence-corrected chi connectivity index (χ1v) is 8.36. The van der Waals surface area contributed by atoms with Gasteiger partial charge in [-0.3, -0.25) is 0 Å². The fraction of sp³-hybridized carbons (Fsp3) is 1.00. The molecule has 0 aliphatic heterocycles. The van der Waals surface area contributed by atoms with Crippen LogP contribution in [0.3, 0.4) is 0 Å². The van der Waals surface area contributed by atoms with Gasteiger partial charge in [-0.05, 0) is 69.9 Å². The first-order chi connectivity index (χ1) is 8.93. The van der Waals surface area contributed by atoms with E-state index in [4.69, 9.17) is 0 Å². The minimum Gasteiger partial charge on any atom is -0.314 e. The second-order valence-electron chi connectivity index (χ2n) is 7.85. The van der Waals surface area contributed by atoms with Gasteiger partial charge in [-0.2, -0.15) is 0 Å². The first-order valence-electron chi connectivity index (χ1n) is 8.36. The zero-order valence-electron chi connectivity index (χ0n) is 13.7. The Morgan fingerprint density at radius 2 is 1.95 bits per heavy atom. The van der Waals surface area contributed by atoms with Crippen LogP contribution in [0.1, 0.15) is 59.8 Å². The molecule has 0 aromatic heterocycles. The number of hydrogen-bond acceptors (Lipinski definition) is 2. The summed E-state index contributed by atoms with van der Waals surface area (Å²) in [5.74, 6) is 1.81. The Bertz CT molecular complexity index is 283. The third-order valence-electron chi connectivity index (χ3n) is 5.50. The highest BCUT2D eigenvalue weighted by Gasteiger charge is 2.37. The van der Waals surface area contributed by atoms with Gasteiger partial charge in [-0.1, -0.05) is 20.8 Å². The molecule has 2 aliphatic carbocycles. The Hall–Kier alpha value is -0.0800. The van der Waals surface area contributed by atoms with Gasteiger partial charge >= 0.3 is 0 Å². The molecular weight excluding hydrogens is 232 g/mol. The van der Waals surface area contributed by atoms with E-state index >= 15 is 0 Å². The van der Waals surface area contributed by atoms with Crippen molar-refractivity contribution in [1.29, 1.82) is 0 Å². The molecule has 0 amide bonds. The molecule has 2 fully saturated rings. The second-order valence-corrected chi connectivity index (χ2v) is 7.85. The molecule has 2 saturated carbocycles. The third-order valence-corrected chi connectivity index (χ3v) is 5.50. The molecule has 1 N–H and O–H groups in total. The van der Waals surface area contributed by atoms with E-state index in [9.17, 15) is 0 Å². The highest BCUT2D eigenvalue weighted by Crippen LogP contribution is 2.40. The van der Waals surface area contributed by atoms with Crippen LogP contribution in [-0.2, 0) is 0 Å². The van der Waals surface area contributed by atoms with Crippen molar-refractivity contribution in [2.75, 3.05) is 20.1 Å². The molecule has 19 heavy (non-hydrogen) atoms. The van der Waals surface area contributed by atoms with Crippen molar-refractivity contribution >= 4 is 0 Å². The van der Waals surface area contributed by atoms with Crippen LogP contribution in [0.5, 0.6) is 0 Å². The van der Waals surface area contributed by atoms with Crippen molar-refractivity contribution in [3.8, 4) is 0 Å². The molecule has 0 radical (unpaired) electrons. The summed E-state index contributed by atoms with van der Waals surface area (Å²) in [7, 11) is 2.34.